The molecule has 4 heterocycles. The van der Waals surface area contributed by atoms with Crippen molar-refractivity contribution in [2.75, 3.05) is 43.1 Å². The van der Waals surface area contributed by atoms with E-state index in [9.17, 15) is 9.59 Å². The lowest BCUT2D eigenvalue weighted by molar-refractivity contribution is -0.139. The van der Waals surface area contributed by atoms with E-state index < -0.39 is 5.54 Å². The van der Waals surface area contributed by atoms with Gasteiger partial charge in [0, 0.05) is 43.8 Å². The summed E-state index contributed by atoms with van der Waals surface area (Å²) in [4.78, 5) is 41.6. The summed E-state index contributed by atoms with van der Waals surface area (Å²) in [5.41, 5.74) is 3.15. The van der Waals surface area contributed by atoms with Gasteiger partial charge in [-0.05, 0) is 50.5 Å². The molecule has 0 bridgehead atoms. The van der Waals surface area contributed by atoms with Crippen molar-refractivity contribution in [2.24, 2.45) is 0 Å². The van der Waals surface area contributed by atoms with Crippen LogP contribution in [0.3, 0.4) is 0 Å². The van der Waals surface area contributed by atoms with Crippen molar-refractivity contribution in [1.29, 1.82) is 0 Å². The molecule has 5 rings (SSSR count). The van der Waals surface area contributed by atoms with Gasteiger partial charge in [0.25, 0.3) is 5.91 Å². The SMILES string of the molecule is COC(=O)Cc1ccc(N2CCN(C(=O)c3ccc4c(n3)C(C)(C)CN4C3CCCC3)C(C)(C)C2)nc1. The number of carbonyl (C=O) groups excluding carboxylic acids is 2. The van der Waals surface area contributed by atoms with Gasteiger partial charge in [0.2, 0.25) is 0 Å². The molecule has 2 aromatic rings. The normalized spacial score (nSPS) is 20.7. The molecule has 2 aromatic heterocycles. The van der Waals surface area contributed by atoms with E-state index in [4.69, 9.17) is 9.72 Å². The van der Waals surface area contributed by atoms with Gasteiger partial charge in [-0.25, -0.2) is 9.97 Å². The zero-order valence-electron chi connectivity index (χ0n) is 22.8. The highest BCUT2D eigenvalue weighted by molar-refractivity contribution is 5.93. The number of methoxy groups -OCH3 is 1. The van der Waals surface area contributed by atoms with Crippen molar-refractivity contribution in [2.45, 2.75) is 76.8 Å². The minimum absolute atomic E-state index is 0.0102. The van der Waals surface area contributed by atoms with Gasteiger partial charge < -0.3 is 19.4 Å². The number of hydrogen-bond acceptors (Lipinski definition) is 7. The Hall–Kier alpha value is -3.16. The molecule has 0 N–H and O–H groups in total. The Bertz CT molecular complexity index is 1170. The van der Waals surface area contributed by atoms with Gasteiger partial charge in [0.1, 0.15) is 11.5 Å². The second-order valence-electron chi connectivity index (χ2n) is 12.0. The molecule has 1 amide bonds. The van der Waals surface area contributed by atoms with Crippen LogP contribution in [0.25, 0.3) is 0 Å². The van der Waals surface area contributed by atoms with Crippen LogP contribution in [0.1, 0.15) is 75.1 Å². The summed E-state index contributed by atoms with van der Waals surface area (Å²) in [6.07, 6.45) is 7.03. The molecule has 8 heteroatoms. The lowest BCUT2D eigenvalue weighted by atomic mass is 9.91. The van der Waals surface area contributed by atoms with Crippen LogP contribution in [0.5, 0.6) is 0 Å². The third-order valence-electron chi connectivity index (χ3n) is 8.23. The van der Waals surface area contributed by atoms with E-state index in [0.29, 0.717) is 31.4 Å². The summed E-state index contributed by atoms with van der Waals surface area (Å²) in [7, 11) is 1.39. The smallest absolute Gasteiger partial charge is 0.310 e. The number of nitrogens with zero attached hydrogens (tertiary/aromatic N) is 5. The van der Waals surface area contributed by atoms with Crippen molar-refractivity contribution in [1.82, 2.24) is 14.9 Å². The van der Waals surface area contributed by atoms with Gasteiger partial charge in [-0.2, -0.15) is 0 Å². The van der Waals surface area contributed by atoms with Gasteiger partial charge in [0.15, 0.2) is 0 Å². The van der Waals surface area contributed by atoms with Crippen LogP contribution in [-0.4, -0.2) is 71.6 Å². The number of pyridine rings is 2. The first kappa shape index (κ1) is 25.5. The fourth-order valence-electron chi connectivity index (χ4n) is 6.24. The predicted octanol–water partition coefficient (Wildman–Crippen LogP) is 3.97. The summed E-state index contributed by atoms with van der Waals surface area (Å²) in [5, 5.41) is 0. The average Bonchev–Trinajstić information content (AvgIpc) is 3.49. The second-order valence-corrected chi connectivity index (χ2v) is 12.0. The Balaban J connectivity index is 1.31. The summed E-state index contributed by atoms with van der Waals surface area (Å²) < 4.78 is 4.74. The molecule has 8 nitrogen and oxygen atoms in total. The molecule has 0 aromatic carbocycles. The van der Waals surface area contributed by atoms with Gasteiger partial charge >= 0.3 is 5.97 Å². The Morgan fingerprint density at radius 2 is 1.78 bits per heavy atom. The highest BCUT2D eigenvalue weighted by Crippen LogP contribution is 2.43. The number of fused-ring (bicyclic) bond motifs is 1. The molecule has 2 fully saturated rings. The fraction of sp³-hybridized carbons (Fsp3) is 0.586. The Kier molecular flexibility index (Phi) is 6.62. The standard InChI is InChI=1S/C29H39N5O3/c1-28(2)18-33(21-8-6-7-9-21)23-12-11-22(31-26(23)28)27(36)34-15-14-32(19-29(34,3)4)24-13-10-20(17-30-24)16-25(35)37-5/h10-13,17,21H,6-9,14-16,18-19H2,1-5H3. The van der Waals surface area contributed by atoms with Crippen molar-refractivity contribution in [3.8, 4) is 0 Å². The van der Waals surface area contributed by atoms with Crippen molar-refractivity contribution >= 4 is 23.4 Å². The topological polar surface area (TPSA) is 78.9 Å². The molecule has 1 aliphatic carbocycles. The van der Waals surface area contributed by atoms with Crippen LogP contribution in [0.2, 0.25) is 0 Å². The van der Waals surface area contributed by atoms with Crippen LogP contribution in [0.15, 0.2) is 30.5 Å². The quantitative estimate of drug-likeness (QED) is 0.569. The maximum Gasteiger partial charge on any atom is 0.310 e. The minimum Gasteiger partial charge on any atom is -0.469 e. The van der Waals surface area contributed by atoms with Crippen LogP contribution in [0, 0.1) is 0 Å². The monoisotopic (exact) mass is 505 g/mol. The predicted molar refractivity (Wildman–Crippen MR) is 144 cm³/mol. The van der Waals surface area contributed by atoms with Gasteiger partial charge in [-0.15, -0.1) is 0 Å². The fourth-order valence-corrected chi connectivity index (χ4v) is 6.24. The molecule has 0 atom stereocenters. The van der Waals surface area contributed by atoms with E-state index in [1.54, 1.807) is 6.20 Å². The van der Waals surface area contributed by atoms with E-state index in [0.717, 1.165) is 23.6 Å². The van der Waals surface area contributed by atoms with E-state index in [-0.39, 0.29) is 23.7 Å². The lowest BCUT2D eigenvalue weighted by Gasteiger charge is -2.47. The number of rotatable bonds is 5. The van der Waals surface area contributed by atoms with Crippen LogP contribution in [-0.2, 0) is 21.4 Å². The Labute approximate surface area is 220 Å². The first-order valence-corrected chi connectivity index (χ1v) is 13.5. The lowest BCUT2D eigenvalue weighted by Crippen LogP contribution is -2.61. The Morgan fingerprint density at radius 1 is 1.03 bits per heavy atom. The first-order valence-electron chi connectivity index (χ1n) is 13.5. The third kappa shape index (κ3) is 4.90. The van der Waals surface area contributed by atoms with Crippen LogP contribution < -0.4 is 9.80 Å². The van der Waals surface area contributed by atoms with Gasteiger partial charge in [0.05, 0.1) is 30.5 Å². The highest BCUT2D eigenvalue weighted by atomic mass is 16.5. The van der Waals surface area contributed by atoms with Crippen LogP contribution in [0.4, 0.5) is 11.5 Å². The van der Waals surface area contributed by atoms with E-state index >= 15 is 0 Å². The maximum absolute atomic E-state index is 13.8. The van der Waals surface area contributed by atoms with Crippen molar-refractivity contribution in [3.05, 3.63) is 47.4 Å². The van der Waals surface area contributed by atoms with Crippen molar-refractivity contribution in [3.63, 3.8) is 0 Å². The number of amides is 1. The number of hydrogen-bond donors (Lipinski definition) is 0. The Morgan fingerprint density at radius 3 is 2.43 bits per heavy atom. The maximum atomic E-state index is 13.8. The zero-order valence-corrected chi connectivity index (χ0v) is 22.8. The van der Waals surface area contributed by atoms with E-state index in [1.807, 2.05) is 23.1 Å². The minimum atomic E-state index is -0.395. The molecule has 1 saturated heterocycles. The summed E-state index contributed by atoms with van der Waals surface area (Å²) in [6, 6.07) is 8.50. The number of aromatic nitrogens is 2. The van der Waals surface area contributed by atoms with Gasteiger partial charge in [-0.3, -0.25) is 9.59 Å². The largest absolute Gasteiger partial charge is 0.469 e. The first-order chi connectivity index (χ1) is 17.6. The van der Waals surface area contributed by atoms with Gasteiger partial charge in [-0.1, -0.05) is 32.8 Å². The number of esters is 1. The van der Waals surface area contributed by atoms with Crippen molar-refractivity contribution < 1.29 is 14.3 Å². The molecule has 37 heavy (non-hydrogen) atoms. The molecule has 2 aliphatic heterocycles. The molecule has 0 spiro atoms. The molecule has 1 saturated carbocycles. The van der Waals surface area contributed by atoms with Crippen LogP contribution >= 0.6 is 0 Å². The van der Waals surface area contributed by atoms with E-state index in [1.165, 1.54) is 38.5 Å². The second kappa shape index (κ2) is 9.62. The third-order valence-corrected chi connectivity index (χ3v) is 8.23. The molecule has 3 aliphatic rings. The molecule has 198 valence electrons. The number of piperazine rings is 1. The van der Waals surface area contributed by atoms with E-state index in [2.05, 4.69) is 48.5 Å². The highest BCUT2D eigenvalue weighted by Gasteiger charge is 2.42. The summed E-state index contributed by atoms with van der Waals surface area (Å²) >= 11 is 0. The number of anilines is 2. The summed E-state index contributed by atoms with van der Waals surface area (Å²) in [6.45, 7) is 11.6. The number of ether oxygens (including phenoxy) is 1. The number of carbonyl (C=O) groups is 2. The zero-order chi connectivity index (χ0) is 26.4. The average molecular weight is 506 g/mol. The molecule has 0 radical (unpaired) electrons. The summed E-state index contributed by atoms with van der Waals surface area (Å²) in [5.74, 6) is 0.555. The molecular formula is C29H39N5O3. The molecular weight excluding hydrogens is 466 g/mol. The molecule has 0 unspecified atom stereocenters.